The molecule has 1 N–H and O–H groups in total. The number of aromatic amines is 1. The molecule has 3 aromatic rings. The molecule has 0 radical (unpaired) electrons. The molecule has 5 nitrogen and oxygen atoms in total. The second kappa shape index (κ2) is 8.31. The van der Waals surface area contributed by atoms with Gasteiger partial charge in [-0.1, -0.05) is 31.7 Å². The molecular weight excluding hydrogens is 408 g/mol. The summed E-state index contributed by atoms with van der Waals surface area (Å²) in [7, 11) is 1.59. The van der Waals surface area contributed by atoms with E-state index in [-0.39, 0.29) is 5.56 Å². The minimum absolute atomic E-state index is 0.160. The van der Waals surface area contributed by atoms with Crippen LogP contribution in [0.25, 0.3) is 18.3 Å². The lowest BCUT2D eigenvalue weighted by molar-refractivity contribution is 0.292. The predicted molar refractivity (Wildman–Crippen MR) is 111 cm³/mol. The number of ether oxygens (including phenoxy) is 2. The maximum Gasteiger partial charge on any atom is 0.279 e. The highest BCUT2D eigenvalue weighted by Crippen LogP contribution is 2.36. The molecule has 0 atom stereocenters. The Kier molecular flexibility index (Phi) is 5.86. The molecule has 140 valence electrons. The number of hydrogen-bond acceptors (Lipinski definition) is 3. The molecule has 6 heteroatoms. The first-order chi connectivity index (χ1) is 13.0. The third-order valence-corrected chi connectivity index (χ3v) is 4.62. The zero-order valence-electron chi connectivity index (χ0n) is 15.3. The van der Waals surface area contributed by atoms with Gasteiger partial charge in [-0.3, -0.25) is 9.89 Å². The van der Waals surface area contributed by atoms with Gasteiger partial charge in [-0.05, 0) is 58.3 Å². The highest BCUT2D eigenvalue weighted by atomic mass is 79.9. The Hall–Kier alpha value is -2.73. The first-order valence-corrected chi connectivity index (χ1v) is 9.42. The zero-order chi connectivity index (χ0) is 19.4. The number of hydrogen-bond donors (Lipinski definition) is 1. The highest BCUT2D eigenvalue weighted by Gasteiger charge is 2.11. The van der Waals surface area contributed by atoms with Crippen LogP contribution in [0.4, 0.5) is 0 Å². The van der Waals surface area contributed by atoms with E-state index in [1.165, 1.54) is 4.68 Å². The van der Waals surface area contributed by atoms with Crippen LogP contribution in [0.3, 0.4) is 0 Å². The van der Waals surface area contributed by atoms with Crippen LogP contribution in [0.2, 0.25) is 0 Å². The number of halogens is 1. The summed E-state index contributed by atoms with van der Waals surface area (Å²) in [4.78, 5) is 12.8. The van der Waals surface area contributed by atoms with Crippen molar-refractivity contribution in [3.8, 4) is 17.2 Å². The highest BCUT2D eigenvalue weighted by molar-refractivity contribution is 9.10. The number of rotatable bonds is 6. The molecule has 0 fully saturated rings. The largest absolute Gasteiger partial charge is 0.493 e. The van der Waals surface area contributed by atoms with Crippen molar-refractivity contribution in [1.29, 1.82) is 0 Å². The summed E-state index contributed by atoms with van der Waals surface area (Å²) in [5.41, 5.74) is 1.41. The van der Waals surface area contributed by atoms with E-state index >= 15 is 0 Å². The SMILES string of the molecule is C=c1[nH]n(-c2ccccc2)c(=O)/c1=C\c1cc(Br)c(OCCC)c(OC)c1. The summed E-state index contributed by atoms with van der Waals surface area (Å²) < 4.78 is 13.5. The van der Waals surface area contributed by atoms with Gasteiger partial charge >= 0.3 is 0 Å². The summed E-state index contributed by atoms with van der Waals surface area (Å²) >= 11 is 3.53. The first kappa shape index (κ1) is 19.0. The number of methoxy groups -OCH3 is 1. The molecule has 0 aliphatic rings. The van der Waals surface area contributed by atoms with Crippen molar-refractivity contribution in [2.45, 2.75) is 13.3 Å². The minimum Gasteiger partial charge on any atom is -0.493 e. The van der Waals surface area contributed by atoms with E-state index < -0.39 is 0 Å². The normalized spacial score (nSPS) is 11.6. The number of aromatic nitrogens is 2. The van der Waals surface area contributed by atoms with Crippen molar-refractivity contribution in [1.82, 2.24) is 9.78 Å². The van der Waals surface area contributed by atoms with E-state index in [9.17, 15) is 4.79 Å². The van der Waals surface area contributed by atoms with E-state index in [1.54, 1.807) is 13.2 Å². The number of para-hydroxylation sites is 1. The number of nitrogens with zero attached hydrogens (tertiary/aromatic N) is 1. The fourth-order valence-electron chi connectivity index (χ4n) is 2.74. The average molecular weight is 429 g/mol. The monoisotopic (exact) mass is 428 g/mol. The second-order valence-corrected chi connectivity index (χ2v) is 6.86. The molecule has 0 aliphatic heterocycles. The van der Waals surface area contributed by atoms with Crippen molar-refractivity contribution >= 4 is 28.6 Å². The first-order valence-electron chi connectivity index (χ1n) is 8.62. The van der Waals surface area contributed by atoms with Gasteiger partial charge in [-0.25, -0.2) is 4.68 Å². The van der Waals surface area contributed by atoms with E-state index in [4.69, 9.17) is 9.47 Å². The topological polar surface area (TPSA) is 56.2 Å². The van der Waals surface area contributed by atoms with Gasteiger partial charge < -0.3 is 9.47 Å². The van der Waals surface area contributed by atoms with Crippen LogP contribution >= 0.6 is 15.9 Å². The molecule has 3 rings (SSSR count). The molecule has 1 heterocycles. The second-order valence-electron chi connectivity index (χ2n) is 6.01. The van der Waals surface area contributed by atoms with Crippen LogP contribution in [0.1, 0.15) is 18.9 Å². The van der Waals surface area contributed by atoms with Crippen molar-refractivity contribution in [2.75, 3.05) is 13.7 Å². The van der Waals surface area contributed by atoms with Crippen LogP contribution in [-0.2, 0) is 0 Å². The van der Waals surface area contributed by atoms with Gasteiger partial charge in [0, 0.05) is 0 Å². The maximum absolute atomic E-state index is 12.8. The van der Waals surface area contributed by atoms with Crippen molar-refractivity contribution in [3.63, 3.8) is 0 Å². The number of H-pyrrole nitrogens is 1. The van der Waals surface area contributed by atoms with Gasteiger partial charge in [0.05, 0.1) is 34.4 Å². The van der Waals surface area contributed by atoms with Gasteiger partial charge in [0.15, 0.2) is 11.5 Å². The molecule has 1 aromatic heterocycles. The Morgan fingerprint density at radius 3 is 2.67 bits per heavy atom. The van der Waals surface area contributed by atoms with Gasteiger partial charge in [-0.2, -0.15) is 0 Å². The molecular formula is C21H21BrN2O3. The smallest absolute Gasteiger partial charge is 0.279 e. The fourth-order valence-corrected chi connectivity index (χ4v) is 3.31. The molecule has 0 unspecified atom stereocenters. The molecule has 0 saturated carbocycles. The van der Waals surface area contributed by atoms with Gasteiger partial charge in [0.2, 0.25) is 0 Å². The number of benzene rings is 2. The van der Waals surface area contributed by atoms with E-state index in [1.807, 2.05) is 49.4 Å². The van der Waals surface area contributed by atoms with Gasteiger partial charge in [0.1, 0.15) is 0 Å². The Balaban J connectivity index is 2.10. The molecule has 0 spiro atoms. The lowest BCUT2D eigenvalue weighted by Gasteiger charge is -2.12. The van der Waals surface area contributed by atoms with Crippen LogP contribution in [0.5, 0.6) is 11.5 Å². The predicted octanol–water partition coefficient (Wildman–Crippen LogP) is 2.96. The summed E-state index contributed by atoms with van der Waals surface area (Å²) in [6, 6.07) is 13.1. The third kappa shape index (κ3) is 4.01. The summed E-state index contributed by atoms with van der Waals surface area (Å²) in [6.45, 7) is 6.61. The quantitative estimate of drug-likeness (QED) is 0.656. The molecule has 0 aliphatic carbocycles. The zero-order valence-corrected chi connectivity index (χ0v) is 16.9. The Morgan fingerprint density at radius 2 is 2.00 bits per heavy atom. The lowest BCUT2D eigenvalue weighted by Crippen LogP contribution is -2.33. The van der Waals surface area contributed by atoms with Crippen molar-refractivity contribution in [2.24, 2.45) is 0 Å². The number of nitrogens with one attached hydrogen (secondary N) is 1. The maximum atomic E-state index is 12.8. The van der Waals surface area contributed by atoms with E-state index in [0.717, 1.165) is 22.1 Å². The molecule has 0 bridgehead atoms. The van der Waals surface area contributed by atoms with Crippen molar-refractivity contribution < 1.29 is 9.47 Å². The standard InChI is InChI=1S/C21H21BrN2O3/c1-4-10-27-20-18(22)12-15(13-19(20)26-3)11-17-14(2)23-24(21(17)25)16-8-6-5-7-9-16/h5-9,11-13,23H,2,4,10H2,1,3H3/b17-11-. The van der Waals surface area contributed by atoms with Gasteiger partial charge in [0.25, 0.3) is 5.56 Å². The molecule has 27 heavy (non-hydrogen) atoms. The minimum atomic E-state index is -0.160. The van der Waals surface area contributed by atoms with Crippen LogP contribution in [0, 0.1) is 0 Å². The van der Waals surface area contributed by atoms with E-state index in [2.05, 4.69) is 27.6 Å². The van der Waals surface area contributed by atoms with Crippen LogP contribution in [0.15, 0.2) is 51.7 Å². The Morgan fingerprint density at radius 1 is 1.26 bits per heavy atom. The van der Waals surface area contributed by atoms with Crippen LogP contribution in [-0.4, -0.2) is 23.5 Å². The Labute approximate surface area is 165 Å². The molecule has 0 saturated heterocycles. The summed E-state index contributed by atoms with van der Waals surface area (Å²) in [5.74, 6) is 1.26. The molecule has 2 aromatic carbocycles. The summed E-state index contributed by atoms with van der Waals surface area (Å²) in [5, 5.41) is 4.07. The lowest BCUT2D eigenvalue weighted by atomic mass is 10.1. The average Bonchev–Trinajstić information content (AvgIpc) is 2.95. The summed E-state index contributed by atoms with van der Waals surface area (Å²) in [6.07, 6.45) is 2.69. The fraction of sp³-hybridized carbons (Fsp3) is 0.190. The molecule has 0 amide bonds. The van der Waals surface area contributed by atoms with Crippen LogP contribution < -0.4 is 25.6 Å². The third-order valence-electron chi connectivity index (χ3n) is 4.03. The van der Waals surface area contributed by atoms with Crippen molar-refractivity contribution in [3.05, 3.63) is 73.4 Å². The van der Waals surface area contributed by atoms with Gasteiger partial charge in [-0.15, -0.1) is 0 Å². The van der Waals surface area contributed by atoms with E-state index in [0.29, 0.717) is 28.7 Å². The Bertz CT molecular complexity index is 1100.